The lowest BCUT2D eigenvalue weighted by Gasteiger charge is -2.13. The Morgan fingerprint density at radius 3 is 2.49 bits per heavy atom. The van der Waals surface area contributed by atoms with Gasteiger partial charge < -0.3 is 14.8 Å². The van der Waals surface area contributed by atoms with Crippen LogP contribution < -0.4 is 14.8 Å². The standard InChI is InChI=1S/C26H23Cl2N3O4/c1-2-34-16-4-6-17(7-5-16)35-25-18(13-32)23(30-31(25)22-8-3-15(27)11-21(22)28)24(33)29-26-12-14-9-19(26)20(26)10-14/h3-8,11,13-14,19-20H,2,9-10,12H2,1H3,(H,29,33). The summed E-state index contributed by atoms with van der Waals surface area (Å²) in [5, 5.41) is 8.48. The van der Waals surface area contributed by atoms with Crippen molar-refractivity contribution in [3.05, 3.63) is 63.8 Å². The first-order chi connectivity index (χ1) is 16.9. The number of carbonyl (C=O) groups is 2. The highest BCUT2D eigenvalue weighted by Gasteiger charge is 2.75. The Kier molecular flexibility index (Phi) is 5.31. The van der Waals surface area contributed by atoms with Crippen molar-refractivity contribution in [2.75, 3.05) is 6.61 Å². The smallest absolute Gasteiger partial charge is 0.273 e. The Hall–Kier alpha value is -3.03. The fraction of sp³-hybridized carbons (Fsp3) is 0.346. The SMILES string of the molecule is CCOc1ccc(Oc2c(C=O)c(C(=O)NC34CC5CC3C4C5)nn2-c2ccc(Cl)cc2Cl)cc1. The van der Waals surface area contributed by atoms with Gasteiger partial charge in [-0.15, -0.1) is 0 Å². The molecule has 180 valence electrons. The minimum atomic E-state index is -0.373. The zero-order valence-corrected chi connectivity index (χ0v) is 20.5. The third-order valence-corrected chi connectivity index (χ3v) is 8.08. The average molecular weight is 512 g/mol. The van der Waals surface area contributed by atoms with E-state index in [1.54, 1.807) is 42.5 Å². The molecule has 1 N–H and O–H groups in total. The molecule has 1 aromatic heterocycles. The van der Waals surface area contributed by atoms with E-state index < -0.39 is 0 Å². The Labute approximate surface area is 212 Å². The molecule has 1 heterocycles. The first kappa shape index (κ1) is 22.4. The monoisotopic (exact) mass is 511 g/mol. The minimum absolute atomic E-state index is 0.0103. The van der Waals surface area contributed by atoms with Gasteiger partial charge in [0, 0.05) is 10.6 Å². The summed E-state index contributed by atoms with van der Waals surface area (Å²) in [5.41, 5.74) is 0.363. The number of carbonyl (C=O) groups excluding carboxylic acids is 2. The molecule has 7 rings (SSSR count). The molecule has 4 saturated carbocycles. The molecule has 0 spiro atoms. The number of hydrogen-bond donors (Lipinski definition) is 1. The van der Waals surface area contributed by atoms with Gasteiger partial charge in [0.2, 0.25) is 5.88 Å². The van der Waals surface area contributed by atoms with E-state index in [9.17, 15) is 9.59 Å². The van der Waals surface area contributed by atoms with E-state index in [1.807, 2.05) is 6.92 Å². The summed E-state index contributed by atoms with van der Waals surface area (Å²) in [6, 6.07) is 11.9. The quantitative estimate of drug-likeness (QED) is 0.391. The highest BCUT2D eigenvalue weighted by atomic mass is 35.5. The normalized spacial score (nSPS) is 25.4. The second kappa shape index (κ2) is 8.28. The van der Waals surface area contributed by atoms with Crippen molar-refractivity contribution in [2.24, 2.45) is 17.8 Å². The molecule has 2 unspecified atom stereocenters. The molecular formula is C26H23Cl2N3O4. The molecule has 4 aliphatic carbocycles. The molecule has 3 aromatic rings. The molecule has 2 aromatic carbocycles. The summed E-state index contributed by atoms with van der Waals surface area (Å²) in [6.07, 6.45) is 3.95. The van der Waals surface area contributed by atoms with Crippen LogP contribution >= 0.6 is 23.2 Å². The number of nitrogens with one attached hydrogen (secondary N) is 1. The number of halogens is 2. The molecule has 9 heteroatoms. The number of hydrogen-bond acceptors (Lipinski definition) is 5. The molecule has 4 aliphatic rings. The van der Waals surface area contributed by atoms with Crippen molar-refractivity contribution >= 4 is 35.4 Å². The molecule has 4 bridgehead atoms. The van der Waals surface area contributed by atoms with Gasteiger partial charge in [-0.3, -0.25) is 9.59 Å². The zero-order chi connectivity index (χ0) is 24.3. The number of amides is 1. The molecule has 7 nitrogen and oxygen atoms in total. The third-order valence-electron chi connectivity index (χ3n) is 7.55. The average Bonchev–Trinajstić information content (AvgIpc) is 3.38. The Balaban J connectivity index is 1.39. The van der Waals surface area contributed by atoms with Gasteiger partial charge in [0.05, 0.1) is 17.3 Å². The number of rotatable bonds is 8. The van der Waals surface area contributed by atoms with Gasteiger partial charge in [-0.05, 0) is 86.4 Å². The molecule has 0 radical (unpaired) electrons. The predicted molar refractivity (Wildman–Crippen MR) is 131 cm³/mol. The maximum atomic E-state index is 13.4. The van der Waals surface area contributed by atoms with E-state index in [1.165, 1.54) is 17.5 Å². The third kappa shape index (κ3) is 3.60. The van der Waals surface area contributed by atoms with E-state index in [0.29, 0.717) is 57.9 Å². The lowest BCUT2D eigenvalue weighted by Crippen LogP contribution is -2.38. The highest BCUT2D eigenvalue weighted by Crippen LogP contribution is 2.73. The zero-order valence-electron chi connectivity index (χ0n) is 19.0. The van der Waals surface area contributed by atoms with E-state index in [2.05, 4.69) is 10.4 Å². The molecule has 4 fully saturated rings. The summed E-state index contributed by atoms with van der Waals surface area (Å²) >= 11 is 12.5. The van der Waals surface area contributed by atoms with Crippen LogP contribution in [-0.4, -0.2) is 34.1 Å². The van der Waals surface area contributed by atoms with Crippen molar-refractivity contribution in [3.63, 3.8) is 0 Å². The van der Waals surface area contributed by atoms with Crippen molar-refractivity contribution in [3.8, 4) is 23.1 Å². The summed E-state index contributed by atoms with van der Waals surface area (Å²) in [5.74, 6) is 2.65. The molecule has 1 amide bonds. The van der Waals surface area contributed by atoms with Crippen molar-refractivity contribution in [2.45, 2.75) is 31.7 Å². The molecular weight excluding hydrogens is 489 g/mol. The maximum Gasteiger partial charge on any atom is 0.273 e. The Morgan fingerprint density at radius 2 is 1.89 bits per heavy atom. The van der Waals surface area contributed by atoms with Crippen LogP contribution in [0.1, 0.15) is 47.0 Å². The van der Waals surface area contributed by atoms with Gasteiger partial charge in [0.25, 0.3) is 5.91 Å². The molecule has 0 aliphatic heterocycles. The largest absolute Gasteiger partial charge is 0.494 e. The van der Waals surface area contributed by atoms with E-state index in [4.69, 9.17) is 32.7 Å². The minimum Gasteiger partial charge on any atom is -0.494 e. The first-order valence-electron chi connectivity index (χ1n) is 11.7. The van der Waals surface area contributed by atoms with Crippen LogP contribution in [0.25, 0.3) is 5.69 Å². The second-order valence-corrected chi connectivity index (χ2v) is 10.3. The van der Waals surface area contributed by atoms with Gasteiger partial charge in [0.15, 0.2) is 12.0 Å². The summed E-state index contributed by atoms with van der Waals surface area (Å²) in [4.78, 5) is 25.7. The number of aldehydes is 1. The number of nitrogens with zero attached hydrogens (tertiary/aromatic N) is 2. The molecule has 0 saturated heterocycles. The number of benzene rings is 2. The van der Waals surface area contributed by atoms with E-state index >= 15 is 0 Å². The van der Waals surface area contributed by atoms with Gasteiger partial charge in [-0.2, -0.15) is 9.78 Å². The van der Waals surface area contributed by atoms with Crippen molar-refractivity contribution in [1.29, 1.82) is 0 Å². The summed E-state index contributed by atoms with van der Waals surface area (Å²) in [7, 11) is 0. The lowest BCUT2D eigenvalue weighted by atomic mass is 10.1. The van der Waals surface area contributed by atoms with Crippen LogP contribution in [-0.2, 0) is 0 Å². The van der Waals surface area contributed by atoms with Crippen molar-refractivity contribution in [1.82, 2.24) is 15.1 Å². The predicted octanol–water partition coefficient (Wildman–Crippen LogP) is 5.71. The first-order valence-corrected chi connectivity index (χ1v) is 12.5. The van der Waals surface area contributed by atoms with Crippen LogP contribution in [0.5, 0.6) is 17.4 Å². The maximum absolute atomic E-state index is 13.4. The highest BCUT2D eigenvalue weighted by molar-refractivity contribution is 6.35. The van der Waals surface area contributed by atoms with Gasteiger partial charge in [-0.25, -0.2) is 0 Å². The van der Waals surface area contributed by atoms with Crippen LogP contribution in [0.4, 0.5) is 0 Å². The van der Waals surface area contributed by atoms with Crippen LogP contribution in [0, 0.1) is 17.8 Å². The van der Waals surface area contributed by atoms with Crippen LogP contribution in [0.15, 0.2) is 42.5 Å². The second-order valence-electron chi connectivity index (χ2n) is 9.45. The topological polar surface area (TPSA) is 82.4 Å². The van der Waals surface area contributed by atoms with Crippen molar-refractivity contribution < 1.29 is 19.1 Å². The number of ether oxygens (including phenoxy) is 2. The molecule has 2 atom stereocenters. The van der Waals surface area contributed by atoms with E-state index in [0.717, 1.165) is 6.42 Å². The summed E-state index contributed by atoms with van der Waals surface area (Å²) in [6.45, 7) is 2.44. The Morgan fingerprint density at radius 1 is 1.17 bits per heavy atom. The van der Waals surface area contributed by atoms with Crippen LogP contribution in [0.3, 0.4) is 0 Å². The summed E-state index contributed by atoms with van der Waals surface area (Å²) < 4.78 is 13.0. The van der Waals surface area contributed by atoms with Gasteiger partial charge in [0.1, 0.15) is 17.1 Å². The molecule has 35 heavy (non-hydrogen) atoms. The van der Waals surface area contributed by atoms with Crippen LogP contribution in [0.2, 0.25) is 10.0 Å². The van der Waals surface area contributed by atoms with Gasteiger partial charge in [-0.1, -0.05) is 23.2 Å². The fourth-order valence-corrected chi connectivity index (χ4v) is 6.60. The van der Waals surface area contributed by atoms with Gasteiger partial charge >= 0.3 is 0 Å². The number of aromatic nitrogens is 2. The Bertz CT molecular complexity index is 1330. The lowest BCUT2D eigenvalue weighted by molar-refractivity contribution is 0.0918. The fourth-order valence-electron chi connectivity index (χ4n) is 6.11. The van der Waals surface area contributed by atoms with E-state index in [-0.39, 0.29) is 28.6 Å².